The van der Waals surface area contributed by atoms with Gasteiger partial charge in [0.05, 0.1) is 5.56 Å². The van der Waals surface area contributed by atoms with Crippen LogP contribution in [0.1, 0.15) is 42.6 Å². The van der Waals surface area contributed by atoms with Gasteiger partial charge in [0.15, 0.2) is 0 Å². The maximum absolute atomic E-state index is 12.1. The van der Waals surface area contributed by atoms with Gasteiger partial charge >= 0.3 is 5.97 Å². The predicted octanol–water partition coefficient (Wildman–Crippen LogP) is 4.57. The summed E-state index contributed by atoms with van der Waals surface area (Å²) in [5.74, 6) is 0.261. The molecule has 0 saturated heterocycles. The van der Waals surface area contributed by atoms with Gasteiger partial charge in [0, 0.05) is 0 Å². The van der Waals surface area contributed by atoms with Crippen molar-refractivity contribution in [1.82, 2.24) is 4.90 Å². The topological polar surface area (TPSA) is 29.5 Å². The van der Waals surface area contributed by atoms with Crippen molar-refractivity contribution < 1.29 is 9.53 Å². The highest BCUT2D eigenvalue weighted by Gasteiger charge is 2.08. The van der Waals surface area contributed by atoms with E-state index in [1.165, 1.54) is 18.4 Å². The van der Waals surface area contributed by atoms with E-state index in [1.54, 1.807) is 12.1 Å². The highest BCUT2D eigenvalue weighted by Crippen LogP contribution is 2.13. The number of carbonyl (C=O) groups excluding carboxylic acids is 1. The summed E-state index contributed by atoms with van der Waals surface area (Å²) in [7, 11) is 0. The van der Waals surface area contributed by atoms with E-state index in [9.17, 15) is 4.79 Å². The largest absolute Gasteiger partial charge is 0.423 e. The summed E-state index contributed by atoms with van der Waals surface area (Å²) in [5, 5.41) is 0. The van der Waals surface area contributed by atoms with Crippen molar-refractivity contribution in [2.45, 2.75) is 33.1 Å². The van der Waals surface area contributed by atoms with Crippen LogP contribution in [0.25, 0.3) is 0 Å². The van der Waals surface area contributed by atoms with Crippen LogP contribution in [0.15, 0.2) is 54.6 Å². The Morgan fingerprint density at radius 3 is 2.21 bits per heavy atom. The Labute approximate surface area is 145 Å². The fourth-order valence-corrected chi connectivity index (χ4v) is 2.67. The minimum Gasteiger partial charge on any atom is -0.423 e. The van der Waals surface area contributed by atoms with Crippen LogP contribution in [0.2, 0.25) is 0 Å². The second kappa shape index (κ2) is 9.89. The fraction of sp³-hybridized carbons (Fsp3) is 0.381. The number of benzene rings is 2. The highest BCUT2D eigenvalue weighted by molar-refractivity contribution is 5.91. The zero-order valence-corrected chi connectivity index (χ0v) is 14.7. The third kappa shape index (κ3) is 5.82. The van der Waals surface area contributed by atoms with E-state index in [4.69, 9.17) is 4.74 Å². The van der Waals surface area contributed by atoms with E-state index in [2.05, 4.69) is 18.7 Å². The minimum atomic E-state index is -0.311. The summed E-state index contributed by atoms with van der Waals surface area (Å²) in [4.78, 5) is 14.5. The molecule has 0 aliphatic heterocycles. The van der Waals surface area contributed by atoms with E-state index >= 15 is 0 Å². The molecular weight excluding hydrogens is 298 g/mol. The summed E-state index contributed by atoms with van der Waals surface area (Å²) in [6, 6.07) is 16.9. The Kier molecular flexibility index (Phi) is 7.50. The molecule has 2 aromatic rings. The molecule has 24 heavy (non-hydrogen) atoms. The Morgan fingerprint density at radius 1 is 0.917 bits per heavy atom. The van der Waals surface area contributed by atoms with Crippen molar-refractivity contribution in [2.75, 3.05) is 19.6 Å². The molecule has 0 saturated carbocycles. The number of esters is 1. The third-order valence-electron chi connectivity index (χ3n) is 4.23. The second-order valence-corrected chi connectivity index (χ2v) is 5.88. The lowest BCUT2D eigenvalue weighted by molar-refractivity contribution is 0.0735. The van der Waals surface area contributed by atoms with Crippen molar-refractivity contribution in [1.29, 1.82) is 0 Å². The van der Waals surface area contributed by atoms with Gasteiger partial charge in [-0.2, -0.15) is 0 Å². The zero-order chi connectivity index (χ0) is 17.2. The summed E-state index contributed by atoms with van der Waals surface area (Å²) in [5.41, 5.74) is 1.86. The maximum Gasteiger partial charge on any atom is 0.343 e. The predicted molar refractivity (Wildman–Crippen MR) is 98.6 cm³/mol. The Balaban J connectivity index is 1.79. The van der Waals surface area contributed by atoms with Crippen LogP contribution in [-0.4, -0.2) is 30.5 Å². The molecule has 0 bridgehead atoms. The molecule has 0 spiro atoms. The number of carbonyl (C=O) groups is 1. The molecule has 0 amide bonds. The van der Waals surface area contributed by atoms with Gasteiger partial charge in [0.1, 0.15) is 5.75 Å². The first-order valence-corrected chi connectivity index (χ1v) is 8.81. The number of hydrogen-bond acceptors (Lipinski definition) is 3. The lowest BCUT2D eigenvalue weighted by Crippen LogP contribution is -2.23. The van der Waals surface area contributed by atoms with Gasteiger partial charge in [-0.3, -0.25) is 0 Å². The average Bonchev–Trinajstić information content (AvgIpc) is 2.63. The molecule has 0 heterocycles. The summed E-state index contributed by atoms with van der Waals surface area (Å²) < 4.78 is 5.35. The van der Waals surface area contributed by atoms with Gasteiger partial charge in [-0.1, -0.05) is 44.2 Å². The molecule has 0 aromatic heterocycles. The quantitative estimate of drug-likeness (QED) is 0.384. The van der Waals surface area contributed by atoms with Crippen LogP contribution in [0, 0.1) is 0 Å². The molecule has 2 aromatic carbocycles. The van der Waals surface area contributed by atoms with Crippen molar-refractivity contribution in [3.63, 3.8) is 0 Å². The van der Waals surface area contributed by atoms with E-state index < -0.39 is 0 Å². The molecule has 0 aliphatic carbocycles. The molecule has 3 nitrogen and oxygen atoms in total. The van der Waals surface area contributed by atoms with Gasteiger partial charge in [-0.15, -0.1) is 0 Å². The normalized spacial score (nSPS) is 10.8. The van der Waals surface area contributed by atoms with Gasteiger partial charge < -0.3 is 9.64 Å². The second-order valence-electron chi connectivity index (χ2n) is 5.88. The van der Waals surface area contributed by atoms with Crippen molar-refractivity contribution >= 4 is 5.97 Å². The molecule has 0 unspecified atom stereocenters. The molecule has 0 fully saturated rings. The summed E-state index contributed by atoms with van der Waals surface area (Å²) >= 11 is 0. The number of hydrogen-bond donors (Lipinski definition) is 0. The average molecular weight is 325 g/mol. The first-order chi connectivity index (χ1) is 11.7. The lowest BCUT2D eigenvalue weighted by atomic mass is 10.1. The molecule has 128 valence electrons. The molecule has 2 rings (SSSR count). The van der Waals surface area contributed by atoms with E-state index in [0.29, 0.717) is 11.3 Å². The Bertz CT molecular complexity index is 603. The minimum absolute atomic E-state index is 0.311. The van der Waals surface area contributed by atoms with Crippen LogP contribution < -0.4 is 4.74 Å². The SMILES string of the molecule is CCN(CC)CCCCc1ccc(C(=O)Oc2ccccc2)cc1. The third-order valence-corrected chi connectivity index (χ3v) is 4.23. The van der Waals surface area contributed by atoms with Gasteiger partial charge in [0.2, 0.25) is 0 Å². The van der Waals surface area contributed by atoms with Crippen LogP contribution in [-0.2, 0) is 6.42 Å². The van der Waals surface area contributed by atoms with Crippen molar-refractivity contribution in [3.05, 3.63) is 65.7 Å². The van der Waals surface area contributed by atoms with Crippen molar-refractivity contribution in [3.8, 4) is 5.75 Å². The lowest BCUT2D eigenvalue weighted by Gasteiger charge is -2.17. The number of rotatable bonds is 9. The van der Waals surface area contributed by atoms with Crippen LogP contribution in [0.4, 0.5) is 0 Å². The molecule has 0 radical (unpaired) electrons. The van der Waals surface area contributed by atoms with E-state index in [-0.39, 0.29) is 5.97 Å². The summed E-state index contributed by atoms with van der Waals surface area (Å²) in [6.45, 7) is 7.81. The van der Waals surface area contributed by atoms with Gasteiger partial charge in [-0.25, -0.2) is 4.79 Å². The Morgan fingerprint density at radius 2 is 1.58 bits per heavy atom. The maximum atomic E-state index is 12.1. The highest BCUT2D eigenvalue weighted by atomic mass is 16.5. The van der Waals surface area contributed by atoms with Crippen LogP contribution >= 0.6 is 0 Å². The van der Waals surface area contributed by atoms with Gasteiger partial charge in [-0.05, 0) is 68.7 Å². The smallest absolute Gasteiger partial charge is 0.343 e. The molecular formula is C21H27NO2. The first kappa shape index (κ1) is 18.2. The van der Waals surface area contributed by atoms with E-state index in [0.717, 1.165) is 26.1 Å². The van der Waals surface area contributed by atoms with Crippen LogP contribution in [0.5, 0.6) is 5.75 Å². The first-order valence-electron chi connectivity index (χ1n) is 8.81. The number of ether oxygens (including phenoxy) is 1. The standard InChI is InChI=1S/C21H27NO2/c1-3-22(4-2)17-9-8-10-18-13-15-19(16-14-18)21(23)24-20-11-6-5-7-12-20/h5-7,11-16H,3-4,8-10,17H2,1-2H3. The number of unbranched alkanes of at least 4 members (excludes halogenated alkanes) is 1. The monoisotopic (exact) mass is 325 g/mol. The van der Waals surface area contributed by atoms with Crippen molar-refractivity contribution in [2.24, 2.45) is 0 Å². The fourth-order valence-electron chi connectivity index (χ4n) is 2.67. The van der Waals surface area contributed by atoms with Gasteiger partial charge in [0.25, 0.3) is 0 Å². The summed E-state index contributed by atoms with van der Waals surface area (Å²) in [6.07, 6.45) is 3.43. The molecule has 0 atom stereocenters. The number of nitrogens with zero attached hydrogens (tertiary/aromatic N) is 1. The van der Waals surface area contributed by atoms with Crippen LogP contribution in [0.3, 0.4) is 0 Å². The molecule has 0 aliphatic rings. The number of para-hydroxylation sites is 1. The Hall–Kier alpha value is -2.13. The molecule has 0 N–H and O–H groups in total. The zero-order valence-electron chi connectivity index (χ0n) is 14.7. The number of aryl methyl sites for hydroxylation is 1. The van der Waals surface area contributed by atoms with E-state index in [1.807, 2.05) is 42.5 Å². The molecule has 3 heteroatoms.